The summed E-state index contributed by atoms with van der Waals surface area (Å²) in [5, 5.41) is 20.0. The van der Waals surface area contributed by atoms with Crippen LogP contribution in [-0.2, 0) is 15.3 Å². The standard InChI is InChI=1S/C30H26FN3O5S2/c1-4-39-22-14-11-20(15-23(22)38-3)25-24(26(35)19-9-12-21(31)13-10-19)27(36)28(37)34(25)29-32-33-30(41-29)40-16-18-7-5-17(2)6-8-18/h5-15,25,35H,4,16H2,1-3H3/b26-24-. The first-order valence-electron chi connectivity index (χ1n) is 12.7. The Morgan fingerprint density at radius 1 is 1.05 bits per heavy atom. The molecule has 1 saturated heterocycles. The van der Waals surface area contributed by atoms with Crippen LogP contribution in [0, 0.1) is 12.7 Å². The molecule has 11 heteroatoms. The van der Waals surface area contributed by atoms with Gasteiger partial charge in [0.15, 0.2) is 15.8 Å². The zero-order chi connectivity index (χ0) is 29.1. The van der Waals surface area contributed by atoms with E-state index in [9.17, 15) is 19.1 Å². The molecule has 1 amide bonds. The minimum Gasteiger partial charge on any atom is -0.507 e. The quantitative estimate of drug-likeness (QED) is 0.0794. The van der Waals surface area contributed by atoms with Crippen molar-refractivity contribution in [2.75, 3.05) is 18.6 Å². The predicted octanol–water partition coefficient (Wildman–Crippen LogP) is 6.31. The van der Waals surface area contributed by atoms with E-state index in [0.717, 1.165) is 5.56 Å². The largest absolute Gasteiger partial charge is 0.507 e. The van der Waals surface area contributed by atoms with Crippen LogP contribution < -0.4 is 14.4 Å². The molecule has 2 heterocycles. The van der Waals surface area contributed by atoms with Gasteiger partial charge in [0.2, 0.25) is 5.13 Å². The molecule has 1 aromatic heterocycles. The second kappa shape index (κ2) is 12.1. The number of carbonyl (C=O) groups excluding carboxylic acids is 2. The third-order valence-corrected chi connectivity index (χ3v) is 8.58. The first-order valence-corrected chi connectivity index (χ1v) is 14.5. The summed E-state index contributed by atoms with van der Waals surface area (Å²) in [7, 11) is 1.49. The molecule has 5 rings (SSSR count). The van der Waals surface area contributed by atoms with E-state index in [2.05, 4.69) is 10.2 Å². The van der Waals surface area contributed by atoms with Crippen LogP contribution in [0.5, 0.6) is 11.5 Å². The summed E-state index contributed by atoms with van der Waals surface area (Å²) in [5.41, 5.74) is 2.80. The van der Waals surface area contributed by atoms with Gasteiger partial charge in [-0.2, -0.15) is 0 Å². The molecule has 41 heavy (non-hydrogen) atoms. The second-order valence-electron chi connectivity index (χ2n) is 9.14. The molecular weight excluding hydrogens is 565 g/mol. The van der Waals surface area contributed by atoms with E-state index in [1.165, 1.54) is 64.9 Å². The highest BCUT2D eigenvalue weighted by atomic mass is 32.2. The molecule has 0 bridgehead atoms. The van der Waals surface area contributed by atoms with Crippen molar-refractivity contribution in [3.63, 3.8) is 0 Å². The topological polar surface area (TPSA) is 102 Å². The van der Waals surface area contributed by atoms with Gasteiger partial charge in [-0.1, -0.05) is 59.0 Å². The van der Waals surface area contributed by atoms with Crippen LogP contribution in [0.4, 0.5) is 9.52 Å². The number of Topliss-reactive ketones (excluding diaryl/α,β-unsaturated/α-hetero) is 1. The number of anilines is 1. The average Bonchev–Trinajstić information content (AvgIpc) is 3.55. The molecule has 0 spiro atoms. The van der Waals surface area contributed by atoms with Crippen molar-refractivity contribution in [3.05, 3.63) is 100 Å². The number of ether oxygens (including phenoxy) is 2. The van der Waals surface area contributed by atoms with Crippen LogP contribution >= 0.6 is 23.1 Å². The summed E-state index contributed by atoms with van der Waals surface area (Å²) < 4.78 is 25.4. The first kappa shape index (κ1) is 28.3. The minimum atomic E-state index is -1.05. The van der Waals surface area contributed by atoms with E-state index in [-0.39, 0.29) is 16.3 Å². The Morgan fingerprint density at radius 3 is 2.46 bits per heavy atom. The number of thioether (sulfide) groups is 1. The molecule has 1 N–H and O–H groups in total. The van der Waals surface area contributed by atoms with Gasteiger partial charge >= 0.3 is 5.91 Å². The maximum atomic E-state index is 13.6. The fraction of sp³-hybridized carbons (Fsp3) is 0.200. The van der Waals surface area contributed by atoms with Crippen LogP contribution in [0.3, 0.4) is 0 Å². The van der Waals surface area contributed by atoms with Crippen molar-refractivity contribution in [1.82, 2.24) is 10.2 Å². The van der Waals surface area contributed by atoms with Crippen LogP contribution in [0.1, 0.15) is 35.2 Å². The summed E-state index contributed by atoms with van der Waals surface area (Å²) in [6, 6.07) is 17.2. The van der Waals surface area contributed by atoms with Crippen molar-refractivity contribution >= 4 is 45.7 Å². The van der Waals surface area contributed by atoms with Gasteiger partial charge in [-0.3, -0.25) is 14.5 Å². The van der Waals surface area contributed by atoms with Gasteiger partial charge in [-0.15, -0.1) is 10.2 Å². The van der Waals surface area contributed by atoms with Gasteiger partial charge in [0.05, 0.1) is 25.3 Å². The third-order valence-electron chi connectivity index (χ3n) is 6.45. The first-order chi connectivity index (χ1) is 19.8. The monoisotopic (exact) mass is 591 g/mol. The Hall–Kier alpha value is -4.22. The highest BCUT2D eigenvalue weighted by Crippen LogP contribution is 2.45. The molecule has 8 nitrogen and oxygen atoms in total. The number of halogens is 1. The lowest BCUT2D eigenvalue weighted by atomic mass is 9.95. The molecule has 1 unspecified atom stereocenters. The Balaban J connectivity index is 1.57. The Morgan fingerprint density at radius 2 is 1.78 bits per heavy atom. The Bertz CT molecular complexity index is 1620. The smallest absolute Gasteiger partial charge is 0.301 e. The second-order valence-corrected chi connectivity index (χ2v) is 11.3. The van der Waals surface area contributed by atoms with Gasteiger partial charge in [-0.25, -0.2) is 4.39 Å². The summed E-state index contributed by atoms with van der Waals surface area (Å²) in [4.78, 5) is 28.2. The average molecular weight is 592 g/mol. The summed E-state index contributed by atoms with van der Waals surface area (Å²) >= 11 is 2.64. The number of aromatic nitrogens is 2. The molecule has 0 saturated carbocycles. The van der Waals surface area contributed by atoms with Crippen molar-refractivity contribution in [3.8, 4) is 11.5 Å². The molecule has 1 aliphatic heterocycles. The van der Waals surface area contributed by atoms with E-state index in [1.54, 1.807) is 18.2 Å². The lowest BCUT2D eigenvalue weighted by molar-refractivity contribution is -0.132. The molecule has 1 atom stereocenters. The van der Waals surface area contributed by atoms with E-state index in [0.29, 0.717) is 33.8 Å². The maximum absolute atomic E-state index is 13.6. The van der Waals surface area contributed by atoms with Crippen molar-refractivity contribution < 1.29 is 28.6 Å². The maximum Gasteiger partial charge on any atom is 0.301 e. The summed E-state index contributed by atoms with van der Waals surface area (Å²) in [5.74, 6) is -1.16. The zero-order valence-corrected chi connectivity index (χ0v) is 24.1. The number of hydrogen-bond donors (Lipinski definition) is 1. The molecule has 210 valence electrons. The number of amides is 1. The number of hydrogen-bond acceptors (Lipinski definition) is 9. The fourth-order valence-corrected chi connectivity index (χ4v) is 6.25. The number of carbonyl (C=O) groups is 2. The molecule has 0 radical (unpaired) electrons. The SMILES string of the molecule is CCOc1ccc(C2/C(=C(/O)c3ccc(F)cc3)C(=O)C(=O)N2c2nnc(SCc3ccc(C)cc3)s2)cc1OC. The Labute approximate surface area is 244 Å². The molecule has 1 fully saturated rings. The normalized spacial score (nSPS) is 16.3. The van der Waals surface area contributed by atoms with Crippen molar-refractivity contribution in [2.24, 2.45) is 0 Å². The highest BCUT2D eigenvalue weighted by Gasteiger charge is 2.48. The summed E-state index contributed by atoms with van der Waals surface area (Å²) in [6.07, 6.45) is 0. The van der Waals surface area contributed by atoms with Crippen LogP contribution in [0.2, 0.25) is 0 Å². The van der Waals surface area contributed by atoms with E-state index < -0.39 is 29.3 Å². The van der Waals surface area contributed by atoms with Crippen LogP contribution in [0.15, 0.2) is 76.6 Å². The third kappa shape index (κ3) is 5.82. The van der Waals surface area contributed by atoms with Gasteiger partial charge in [0.1, 0.15) is 11.6 Å². The van der Waals surface area contributed by atoms with Crippen LogP contribution in [-0.4, -0.2) is 40.7 Å². The van der Waals surface area contributed by atoms with Gasteiger partial charge in [-0.05, 0) is 61.4 Å². The fourth-order valence-electron chi connectivity index (χ4n) is 4.43. The number of ketones is 1. The molecule has 3 aromatic carbocycles. The number of rotatable bonds is 9. The predicted molar refractivity (Wildman–Crippen MR) is 156 cm³/mol. The number of aliphatic hydroxyl groups is 1. The molecule has 0 aliphatic carbocycles. The highest BCUT2D eigenvalue weighted by molar-refractivity contribution is 8.00. The lowest BCUT2D eigenvalue weighted by Crippen LogP contribution is -2.29. The van der Waals surface area contributed by atoms with E-state index >= 15 is 0 Å². The minimum absolute atomic E-state index is 0.156. The zero-order valence-electron chi connectivity index (χ0n) is 22.5. The number of aryl methyl sites for hydroxylation is 1. The number of benzene rings is 3. The number of aliphatic hydroxyl groups excluding tert-OH is 1. The lowest BCUT2D eigenvalue weighted by Gasteiger charge is -2.23. The molecule has 4 aromatic rings. The van der Waals surface area contributed by atoms with Crippen molar-refractivity contribution in [2.45, 2.75) is 30.0 Å². The van der Waals surface area contributed by atoms with Gasteiger partial charge in [0, 0.05) is 11.3 Å². The van der Waals surface area contributed by atoms with E-state index in [1.807, 2.05) is 38.1 Å². The van der Waals surface area contributed by atoms with E-state index in [4.69, 9.17) is 9.47 Å². The molecule has 1 aliphatic rings. The number of nitrogens with zero attached hydrogens (tertiary/aromatic N) is 3. The van der Waals surface area contributed by atoms with Gasteiger partial charge < -0.3 is 14.6 Å². The number of methoxy groups -OCH3 is 1. The summed E-state index contributed by atoms with van der Waals surface area (Å²) in [6.45, 7) is 4.27. The van der Waals surface area contributed by atoms with Gasteiger partial charge in [0.25, 0.3) is 5.78 Å². The molecular formula is C30H26FN3O5S2. The van der Waals surface area contributed by atoms with Crippen LogP contribution in [0.25, 0.3) is 5.76 Å². The van der Waals surface area contributed by atoms with Crippen molar-refractivity contribution in [1.29, 1.82) is 0 Å². The Kier molecular flexibility index (Phi) is 8.36.